The Balaban J connectivity index is 1.55. The molecule has 2 aromatic heterocycles. The van der Waals surface area contributed by atoms with E-state index in [0.717, 1.165) is 24.2 Å². The number of rotatable bonds is 2. The topological polar surface area (TPSA) is 49.0 Å². The fourth-order valence-electron chi connectivity index (χ4n) is 3.18. The Bertz CT molecular complexity index is 823. The number of nitrogens with one attached hydrogen (secondary N) is 1. The van der Waals surface area contributed by atoms with E-state index < -0.39 is 0 Å². The van der Waals surface area contributed by atoms with Crippen LogP contribution in [0.5, 0.6) is 0 Å². The van der Waals surface area contributed by atoms with E-state index in [-0.39, 0.29) is 5.91 Å². The molecule has 1 aliphatic rings. The minimum Gasteiger partial charge on any atom is -0.357 e. The van der Waals surface area contributed by atoms with Crippen molar-refractivity contribution in [2.45, 2.75) is 19.4 Å². The molecule has 0 bridgehead atoms. The molecule has 110 valence electrons. The predicted octanol–water partition coefficient (Wildman–Crippen LogP) is 2.69. The van der Waals surface area contributed by atoms with E-state index >= 15 is 0 Å². The molecule has 3 aromatic rings. The molecular weight excluding hydrogens is 274 g/mol. The van der Waals surface area contributed by atoms with Crippen LogP contribution in [-0.2, 0) is 24.2 Å². The van der Waals surface area contributed by atoms with Gasteiger partial charge in [-0.2, -0.15) is 0 Å². The smallest absolute Gasteiger partial charge is 0.228 e. The third-order valence-corrected chi connectivity index (χ3v) is 4.29. The molecule has 3 heterocycles. The summed E-state index contributed by atoms with van der Waals surface area (Å²) in [5, 5.41) is 1.29. The van der Waals surface area contributed by atoms with Crippen LogP contribution in [-0.4, -0.2) is 27.3 Å². The average Bonchev–Trinajstić information content (AvgIpc) is 2.93. The third kappa shape index (κ3) is 2.26. The largest absolute Gasteiger partial charge is 0.357 e. The van der Waals surface area contributed by atoms with Gasteiger partial charge < -0.3 is 9.88 Å². The molecule has 0 aliphatic carbocycles. The number of pyridine rings is 1. The van der Waals surface area contributed by atoms with Crippen molar-refractivity contribution in [1.29, 1.82) is 0 Å². The minimum absolute atomic E-state index is 0.142. The van der Waals surface area contributed by atoms with Gasteiger partial charge >= 0.3 is 0 Å². The van der Waals surface area contributed by atoms with Crippen molar-refractivity contribution in [1.82, 2.24) is 14.9 Å². The van der Waals surface area contributed by atoms with Gasteiger partial charge in [-0.05, 0) is 30.2 Å². The number of hydrogen-bond acceptors (Lipinski definition) is 2. The predicted molar refractivity (Wildman–Crippen MR) is 85.4 cm³/mol. The summed E-state index contributed by atoms with van der Waals surface area (Å²) in [6.45, 7) is 1.44. The molecular formula is C18H17N3O. The van der Waals surface area contributed by atoms with E-state index in [1.165, 1.54) is 16.6 Å². The van der Waals surface area contributed by atoms with Gasteiger partial charge in [0, 0.05) is 35.0 Å². The van der Waals surface area contributed by atoms with Crippen molar-refractivity contribution in [3.05, 3.63) is 65.6 Å². The first-order valence-electron chi connectivity index (χ1n) is 7.57. The quantitative estimate of drug-likeness (QED) is 0.789. The van der Waals surface area contributed by atoms with Crippen LogP contribution in [0, 0.1) is 0 Å². The second-order valence-corrected chi connectivity index (χ2v) is 5.69. The van der Waals surface area contributed by atoms with E-state index in [2.05, 4.69) is 28.2 Å². The molecule has 1 N–H and O–H groups in total. The Morgan fingerprint density at radius 3 is 2.91 bits per heavy atom. The van der Waals surface area contributed by atoms with E-state index in [1.807, 2.05) is 29.2 Å². The lowest BCUT2D eigenvalue weighted by Gasteiger charge is -2.27. The van der Waals surface area contributed by atoms with Gasteiger partial charge in [0.25, 0.3) is 0 Å². The zero-order valence-corrected chi connectivity index (χ0v) is 12.2. The molecule has 0 radical (unpaired) electrons. The summed E-state index contributed by atoms with van der Waals surface area (Å²) in [4.78, 5) is 22.1. The molecule has 4 nitrogen and oxygen atoms in total. The van der Waals surface area contributed by atoms with Crippen LogP contribution < -0.4 is 0 Å². The number of hydrogen-bond donors (Lipinski definition) is 1. The van der Waals surface area contributed by atoms with Crippen molar-refractivity contribution < 1.29 is 4.79 Å². The highest BCUT2D eigenvalue weighted by Gasteiger charge is 2.23. The summed E-state index contributed by atoms with van der Waals surface area (Å²) in [5.74, 6) is 0.142. The van der Waals surface area contributed by atoms with Gasteiger partial charge in [-0.15, -0.1) is 0 Å². The molecule has 0 saturated carbocycles. The zero-order valence-electron chi connectivity index (χ0n) is 12.2. The molecule has 4 heteroatoms. The summed E-state index contributed by atoms with van der Waals surface area (Å²) in [6.07, 6.45) is 3.01. The second kappa shape index (κ2) is 5.30. The van der Waals surface area contributed by atoms with Crippen molar-refractivity contribution >= 4 is 16.8 Å². The van der Waals surface area contributed by atoms with Gasteiger partial charge in [0.1, 0.15) is 0 Å². The Kier molecular flexibility index (Phi) is 3.15. The zero-order chi connectivity index (χ0) is 14.9. The summed E-state index contributed by atoms with van der Waals surface area (Å²) < 4.78 is 0. The monoisotopic (exact) mass is 291 g/mol. The Hall–Kier alpha value is -2.62. The highest BCUT2D eigenvalue weighted by Crippen LogP contribution is 2.27. The van der Waals surface area contributed by atoms with Crippen LogP contribution in [0.15, 0.2) is 48.7 Å². The van der Waals surface area contributed by atoms with E-state index in [9.17, 15) is 4.79 Å². The van der Waals surface area contributed by atoms with E-state index in [1.54, 1.807) is 6.20 Å². The Morgan fingerprint density at radius 2 is 2.05 bits per heavy atom. The summed E-state index contributed by atoms with van der Waals surface area (Å²) in [5.41, 5.74) is 4.51. The van der Waals surface area contributed by atoms with Crippen molar-refractivity contribution in [3.63, 3.8) is 0 Å². The lowest BCUT2D eigenvalue weighted by atomic mass is 10.0. The summed E-state index contributed by atoms with van der Waals surface area (Å²) >= 11 is 0. The van der Waals surface area contributed by atoms with E-state index in [4.69, 9.17) is 0 Å². The Morgan fingerprint density at radius 1 is 1.18 bits per heavy atom. The number of aromatic nitrogens is 2. The maximum atomic E-state index is 12.5. The molecule has 1 amide bonds. The van der Waals surface area contributed by atoms with Gasteiger partial charge in [-0.25, -0.2) is 0 Å². The fourth-order valence-corrected chi connectivity index (χ4v) is 3.18. The van der Waals surface area contributed by atoms with Crippen LogP contribution in [0.3, 0.4) is 0 Å². The number of aromatic amines is 1. The lowest BCUT2D eigenvalue weighted by molar-refractivity contribution is -0.131. The number of para-hydroxylation sites is 1. The standard InChI is InChI=1S/C18H17N3O/c22-18(11-13-5-3-4-9-19-13)21-10-8-15-14-6-1-2-7-16(14)20-17(15)12-21/h1-7,9,20H,8,10-12H2. The van der Waals surface area contributed by atoms with Crippen LogP contribution >= 0.6 is 0 Å². The number of nitrogens with zero attached hydrogens (tertiary/aromatic N) is 2. The van der Waals surface area contributed by atoms with Crippen LogP contribution in [0.2, 0.25) is 0 Å². The molecule has 0 saturated heterocycles. The van der Waals surface area contributed by atoms with Gasteiger partial charge in [0.2, 0.25) is 5.91 Å². The molecule has 0 atom stereocenters. The SMILES string of the molecule is O=C(Cc1ccccn1)N1CCc2c([nH]c3ccccc23)C1. The van der Waals surface area contributed by atoms with Gasteiger partial charge in [0.15, 0.2) is 0 Å². The molecule has 22 heavy (non-hydrogen) atoms. The summed E-state index contributed by atoms with van der Waals surface area (Å²) in [7, 11) is 0. The van der Waals surface area contributed by atoms with Gasteiger partial charge in [0.05, 0.1) is 13.0 Å². The number of amides is 1. The first-order chi connectivity index (χ1) is 10.8. The Labute approximate surface area is 128 Å². The molecule has 0 spiro atoms. The number of benzene rings is 1. The van der Waals surface area contributed by atoms with Gasteiger partial charge in [-0.1, -0.05) is 24.3 Å². The molecule has 1 aromatic carbocycles. The first kappa shape index (κ1) is 13.1. The number of carbonyl (C=O) groups is 1. The van der Waals surface area contributed by atoms with Gasteiger partial charge in [-0.3, -0.25) is 9.78 Å². The highest BCUT2D eigenvalue weighted by molar-refractivity contribution is 5.86. The molecule has 0 fully saturated rings. The van der Waals surface area contributed by atoms with Crippen molar-refractivity contribution in [2.75, 3.05) is 6.54 Å². The third-order valence-electron chi connectivity index (χ3n) is 4.29. The van der Waals surface area contributed by atoms with Crippen LogP contribution in [0.25, 0.3) is 10.9 Å². The lowest BCUT2D eigenvalue weighted by Crippen LogP contribution is -2.36. The van der Waals surface area contributed by atoms with E-state index in [0.29, 0.717) is 13.0 Å². The average molecular weight is 291 g/mol. The maximum Gasteiger partial charge on any atom is 0.228 e. The number of fused-ring (bicyclic) bond motifs is 3. The summed E-state index contributed by atoms with van der Waals surface area (Å²) in [6, 6.07) is 14.0. The highest BCUT2D eigenvalue weighted by atomic mass is 16.2. The molecule has 1 aliphatic heterocycles. The minimum atomic E-state index is 0.142. The molecule has 0 unspecified atom stereocenters. The van der Waals surface area contributed by atoms with Crippen LogP contribution in [0.1, 0.15) is 17.0 Å². The fraction of sp³-hybridized carbons (Fsp3) is 0.222. The molecule has 4 rings (SSSR count). The maximum absolute atomic E-state index is 12.5. The van der Waals surface area contributed by atoms with Crippen molar-refractivity contribution in [3.8, 4) is 0 Å². The van der Waals surface area contributed by atoms with Crippen LogP contribution in [0.4, 0.5) is 0 Å². The number of carbonyl (C=O) groups excluding carboxylic acids is 1. The number of H-pyrrole nitrogens is 1. The first-order valence-corrected chi connectivity index (χ1v) is 7.57. The normalized spacial score (nSPS) is 14.1. The van der Waals surface area contributed by atoms with Crippen molar-refractivity contribution in [2.24, 2.45) is 0 Å². The second-order valence-electron chi connectivity index (χ2n) is 5.69.